The van der Waals surface area contributed by atoms with Gasteiger partial charge in [0.15, 0.2) is 0 Å². The largest absolute Gasteiger partial charge is 0.480 e. The Labute approximate surface area is 268 Å². The van der Waals surface area contributed by atoms with Crippen molar-refractivity contribution in [2.45, 2.75) is 76.5 Å². The first kappa shape index (κ1) is 34.2. The summed E-state index contributed by atoms with van der Waals surface area (Å²) < 4.78 is 0. The summed E-state index contributed by atoms with van der Waals surface area (Å²) in [6.07, 6.45) is 5.64. The molecule has 2 heterocycles. The van der Waals surface area contributed by atoms with Crippen LogP contribution in [0, 0.1) is 5.92 Å². The first-order valence-electron chi connectivity index (χ1n) is 15.8. The summed E-state index contributed by atoms with van der Waals surface area (Å²) in [7, 11) is 0. The van der Waals surface area contributed by atoms with Crippen LogP contribution >= 0.6 is 0 Å². The predicted octanol–water partition coefficient (Wildman–Crippen LogP) is 2.48. The molecule has 46 heavy (non-hydrogen) atoms. The average molecular weight is 632 g/mol. The van der Waals surface area contributed by atoms with Crippen molar-refractivity contribution in [1.82, 2.24) is 25.9 Å². The minimum atomic E-state index is -1.22. The fraction of sp³-hybridized carbons (Fsp3) is 0.412. The van der Waals surface area contributed by atoms with Crippen LogP contribution in [0.25, 0.3) is 21.8 Å². The molecule has 4 rings (SSSR count). The van der Waals surface area contributed by atoms with E-state index in [0.717, 1.165) is 32.9 Å². The number of amides is 3. The molecule has 0 saturated heterocycles. The fourth-order valence-electron chi connectivity index (χ4n) is 5.64. The number of aliphatic carboxylic acids is 1. The Bertz CT molecular complexity index is 1640. The number of carboxylic acids is 1. The second kappa shape index (κ2) is 16.1. The average Bonchev–Trinajstić information content (AvgIpc) is 3.63. The normalized spacial score (nSPS) is 14.1. The van der Waals surface area contributed by atoms with E-state index < -0.39 is 47.9 Å². The van der Waals surface area contributed by atoms with Gasteiger partial charge < -0.3 is 42.5 Å². The first-order chi connectivity index (χ1) is 22.1. The molecule has 10 N–H and O–H groups in total. The Hall–Kier alpha value is -4.68. The Morgan fingerprint density at radius 2 is 1.26 bits per heavy atom. The Morgan fingerprint density at radius 1 is 0.739 bits per heavy atom. The lowest BCUT2D eigenvalue weighted by molar-refractivity contribution is -0.142. The zero-order valence-electron chi connectivity index (χ0n) is 26.3. The predicted molar refractivity (Wildman–Crippen MR) is 178 cm³/mol. The van der Waals surface area contributed by atoms with Crippen LogP contribution in [0.3, 0.4) is 0 Å². The lowest BCUT2D eigenvalue weighted by Gasteiger charge is -2.26. The molecular weight excluding hydrogens is 586 g/mol. The van der Waals surface area contributed by atoms with E-state index in [-0.39, 0.29) is 25.2 Å². The smallest absolute Gasteiger partial charge is 0.326 e. The van der Waals surface area contributed by atoms with Gasteiger partial charge in [0.1, 0.15) is 18.1 Å². The third-order valence-electron chi connectivity index (χ3n) is 8.09. The van der Waals surface area contributed by atoms with E-state index in [2.05, 4.69) is 25.9 Å². The molecule has 4 atom stereocenters. The maximum absolute atomic E-state index is 13.6. The molecule has 0 aliphatic rings. The number of benzene rings is 2. The summed E-state index contributed by atoms with van der Waals surface area (Å²) >= 11 is 0. The van der Waals surface area contributed by atoms with E-state index in [1.54, 1.807) is 6.20 Å². The van der Waals surface area contributed by atoms with Crippen molar-refractivity contribution in [1.29, 1.82) is 0 Å². The van der Waals surface area contributed by atoms with Gasteiger partial charge in [0.2, 0.25) is 17.7 Å². The number of hydrogen-bond acceptors (Lipinski definition) is 6. The van der Waals surface area contributed by atoms with Gasteiger partial charge in [-0.3, -0.25) is 14.4 Å². The number of para-hydroxylation sites is 2. The van der Waals surface area contributed by atoms with Crippen LogP contribution < -0.4 is 27.4 Å². The maximum Gasteiger partial charge on any atom is 0.326 e. The van der Waals surface area contributed by atoms with Gasteiger partial charge in [0.05, 0.1) is 6.04 Å². The highest BCUT2D eigenvalue weighted by Crippen LogP contribution is 2.20. The van der Waals surface area contributed by atoms with E-state index >= 15 is 0 Å². The SMILES string of the molecule is CC(C)CC(NC(=O)C(CCCCN)NC(=O)C(N)Cc1c[nH]c2ccccc12)C(=O)NC(Cc1c[nH]c2ccccc12)C(=O)O. The van der Waals surface area contributed by atoms with Gasteiger partial charge in [-0.05, 0) is 67.8 Å². The van der Waals surface area contributed by atoms with Crippen molar-refractivity contribution in [3.05, 3.63) is 72.1 Å². The van der Waals surface area contributed by atoms with E-state index in [0.29, 0.717) is 25.8 Å². The van der Waals surface area contributed by atoms with Crippen molar-refractivity contribution in [2.75, 3.05) is 6.54 Å². The third kappa shape index (κ3) is 8.95. The van der Waals surface area contributed by atoms with Crippen molar-refractivity contribution in [3.8, 4) is 0 Å². The van der Waals surface area contributed by atoms with Crippen LogP contribution in [-0.2, 0) is 32.0 Å². The van der Waals surface area contributed by atoms with E-state index in [4.69, 9.17) is 11.5 Å². The number of rotatable bonds is 17. The van der Waals surface area contributed by atoms with Crippen molar-refractivity contribution >= 4 is 45.5 Å². The lowest BCUT2D eigenvalue weighted by Crippen LogP contribution is -2.57. The quantitative estimate of drug-likeness (QED) is 0.0816. The Balaban J connectivity index is 1.44. The minimum Gasteiger partial charge on any atom is -0.480 e. The van der Waals surface area contributed by atoms with Crippen LogP contribution in [0.1, 0.15) is 50.7 Å². The van der Waals surface area contributed by atoms with Crippen LogP contribution in [-0.4, -0.2) is 69.5 Å². The molecule has 4 aromatic rings. The number of unbranched alkanes of at least 4 members (excludes halogenated alkanes) is 1. The molecule has 12 heteroatoms. The zero-order valence-corrected chi connectivity index (χ0v) is 26.3. The number of carbonyl (C=O) groups is 4. The number of hydrogen-bond donors (Lipinski definition) is 8. The molecule has 0 fully saturated rings. The number of H-pyrrole nitrogens is 2. The van der Waals surface area contributed by atoms with E-state index in [9.17, 15) is 24.3 Å². The maximum atomic E-state index is 13.6. The number of aromatic nitrogens is 2. The lowest BCUT2D eigenvalue weighted by atomic mass is 10.00. The molecule has 0 aliphatic heterocycles. The van der Waals surface area contributed by atoms with Gasteiger partial charge >= 0.3 is 5.97 Å². The highest BCUT2D eigenvalue weighted by Gasteiger charge is 2.31. The molecular formula is C34H45N7O5. The standard InChI is InChI=1S/C34H45N7O5/c1-20(2)15-29(33(44)41-30(34(45)46)17-22-19-38-27-12-6-4-10-24(22)27)40-32(43)28(13-7-8-14-35)39-31(42)25(36)16-21-18-37-26-11-5-3-9-23(21)26/h3-6,9-12,18-20,25,28-30,37-38H,7-8,13-17,35-36H2,1-2H3,(H,39,42)(H,40,43)(H,41,44)(H,45,46). The molecule has 0 bridgehead atoms. The van der Waals surface area contributed by atoms with Crippen LogP contribution in [0.5, 0.6) is 0 Å². The molecule has 2 aromatic heterocycles. The molecule has 0 saturated carbocycles. The van der Waals surface area contributed by atoms with Gasteiger partial charge in [0, 0.05) is 40.6 Å². The summed E-state index contributed by atoms with van der Waals surface area (Å²) in [4.78, 5) is 58.8. The van der Waals surface area contributed by atoms with Crippen molar-refractivity contribution in [3.63, 3.8) is 0 Å². The Kier molecular flexibility index (Phi) is 11.9. The van der Waals surface area contributed by atoms with Crippen LogP contribution in [0.2, 0.25) is 0 Å². The van der Waals surface area contributed by atoms with Crippen LogP contribution in [0.15, 0.2) is 60.9 Å². The highest BCUT2D eigenvalue weighted by atomic mass is 16.4. The zero-order chi connectivity index (χ0) is 33.2. The first-order valence-corrected chi connectivity index (χ1v) is 15.8. The number of carboxylic acid groups (broad SMARTS) is 1. The molecule has 3 amide bonds. The molecule has 2 aromatic carbocycles. The van der Waals surface area contributed by atoms with Gasteiger partial charge in [-0.15, -0.1) is 0 Å². The molecule has 246 valence electrons. The topological polar surface area (TPSA) is 208 Å². The summed E-state index contributed by atoms with van der Waals surface area (Å²) in [5, 5.41) is 20.0. The second-order valence-corrected chi connectivity index (χ2v) is 12.2. The fourth-order valence-corrected chi connectivity index (χ4v) is 5.64. The van der Waals surface area contributed by atoms with Gasteiger partial charge in [0.25, 0.3) is 0 Å². The summed E-state index contributed by atoms with van der Waals surface area (Å²) in [5.41, 5.74) is 15.4. The van der Waals surface area contributed by atoms with Gasteiger partial charge in [-0.1, -0.05) is 50.2 Å². The highest BCUT2D eigenvalue weighted by molar-refractivity contribution is 5.94. The summed E-state index contributed by atoms with van der Waals surface area (Å²) in [6.45, 7) is 4.22. The van der Waals surface area contributed by atoms with E-state index in [1.807, 2.05) is 68.6 Å². The number of nitrogens with two attached hydrogens (primary N) is 2. The second-order valence-electron chi connectivity index (χ2n) is 12.2. The molecule has 4 unspecified atom stereocenters. The molecule has 12 nitrogen and oxygen atoms in total. The van der Waals surface area contributed by atoms with Gasteiger partial charge in [-0.25, -0.2) is 4.79 Å². The Morgan fingerprint density at radius 3 is 1.83 bits per heavy atom. The minimum absolute atomic E-state index is 0.00261. The van der Waals surface area contributed by atoms with Crippen LogP contribution in [0.4, 0.5) is 0 Å². The number of fused-ring (bicyclic) bond motifs is 2. The summed E-state index contributed by atoms with van der Waals surface area (Å²) in [6, 6.07) is 11.1. The summed E-state index contributed by atoms with van der Waals surface area (Å²) in [5.74, 6) is -2.84. The van der Waals surface area contributed by atoms with E-state index in [1.165, 1.54) is 0 Å². The number of nitrogens with one attached hydrogen (secondary N) is 5. The number of carbonyl (C=O) groups excluding carboxylic acids is 3. The molecule has 0 radical (unpaired) electrons. The van der Waals surface area contributed by atoms with Crippen molar-refractivity contribution < 1.29 is 24.3 Å². The van der Waals surface area contributed by atoms with Gasteiger partial charge in [-0.2, -0.15) is 0 Å². The number of aromatic amines is 2. The van der Waals surface area contributed by atoms with Crippen molar-refractivity contribution in [2.24, 2.45) is 17.4 Å². The molecule has 0 spiro atoms. The third-order valence-corrected chi connectivity index (χ3v) is 8.09. The molecule has 0 aliphatic carbocycles. The monoisotopic (exact) mass is 631 g/mol.